The summed E-state index contributed by atoms with van der Waals surface area (Å²) in [6.45, 7) is 0. The maximum absolute atomic E-state index is 13.1. The first-order chi connectivity index (χ1) is 8.24. The van der Waals surface area contributed by atoms with Gasteiger partial charge in [-0.1, -0.05) is 18.2 Å². The summed E-state index contributed by atoms with van der Waals surface area (Å²) < 4.78 is 13.1. The van der Waals surface area contributed by atoms with E-state index in [9.17, 15) is 4.39 Å². The summed E-state index contributed by atoms with van der Waals surface area (Å²) in [4.78, 5) is 7.50. The standard InChI is InChI=1S/C13H10FN3/c14-9-4-1-3-8(7-9)13-16-11-6-2-5-10(15)12(11)17-13/h1-7H,15H2,(H,16,17). The van der Waals surface area contributed by atoms with Crippen molar-refractivity contribution >= 4 is 16.7 Å². The number of para-hydroxylation sites is 1. The van der Waals surface area contributed by atoms with Gasteiger partial charge in [-0.15, -0.1) is 0 Å². The molecule has 2 aromatic carbocycles. The lowest BCUT2D eigenvalue weighted by Gasteiger charge is -1.95. The van der Waals surface area contributed by atoms with Gasteiger partial charge in [-0.3, -0.25) is 0 Å². The molecule has 3 N–H and O–H groups in total. The Labute approximate surface area is 97.1 Å². The van der Waals surface area contributed by atoms with Gasteiger partial charge in [0.15, 0.2) is 0 Å². The highest BCUT2D eigenvalue weighted by molar-refractivity contribution is 5.89. The number of hydrogen-bond acceptors (Lipinski definition) is 2. The van der Waals surface area contributed by atoms with E-state index in [2.05, 4.69) is 9.97 Å². The molecule has 0 aliphatic carbocycles. The molecular weight excluding hydrogens is 217 g/mol. The Morgan fingerprint density at radius 2 is 1.94 bits per heavy atom. The molecule has 3 rings (SSSR count). The number of H-pyrrole nitrogens is 1. The summed E-state index contributed by atoms with van der Waals surface area (Å²) in [6.07, 6.45) is 0. The van der Waals surface area contributed by atoms with Crippen molar-refractivity contribution < 1.29 is 4.39 Å². The summed E-state index contributed by atoms with van der Waals surface area (Å²) in [6, 6.07) is 11.8. The third-order valence-electron chi connectivity index (χ3n) is 2.64. The summed E-state index contributed by atoms with van der Waals surface area (Å²) in [5.74, 6) is 0.341. The fourth-order valence-electron chi connectivity index (χ4n) is 1.83. The van der Waals surface area contributed by atoms with Crippen LogP contribution in [0.4, 0.5) is 10.1 Å². The first kappa shape index (κ1) is 9.84. The minimum Gasteiger partial charge on any atom is -0.397 e. The number of rotatable bonds is 1. The number of nitrogens with one attached hydrogen (secondary N) is 1. The summed E-state index contributed by atoms with van der Waals surface area (Å²) in [5, 5.41) is 0. The highest BCUT2D eigenvalue weighted by Crippen LogP contribution is 2.24. The molecule has 0 unspecified atom stereocenters. The Bertz CT molecular complexity index is 688. The van der Waals surface area contributed by atoms with Gasteiger partial charge in [0, 0.05) is 5.56 Å². The number of anilines is 1. The first-order valence-corrected chi connectivity index (χ1v) is 5.24. The SMILES string of the molecule is Nc1cccc2[nH]c(-c3cccc(F)c3)nc12. The first-order valence-electron chi connectivity index (χ1n) is 5.24. The fraction of sp³-hybridized carbons (Fsp3) is 0. The van der Waals surface area contributed by atoms with Crippen molar-refractivity contribution in [1.82, 2.24) is 9.97 Å². The smallest absolute Gasteiger partial charge is 0.138 e. The molecule has 0 radical (unpaired) electrons. The monoisotopic (exact) mass is 227 g/mol. The molecule has 4 heteroatoms. The zero-order valence-electron chi connectivity index (χ0n) is 8.94. The molecule has 3 aromatic rings. The van der Waals surface area contributed by atoms with Crippen LogP contribution in [0.3, 0.4) is 0 Å². The van der Waals surface area contributed by atoms with Crippen molar-refractivity contribution in [2.75, 3.05) is 5.73 Å². The second-order valence-electron chi connectivity index (χ2n) is 3.84. The molecule has 0 aliphatic heterocycles. The van der Waals surface area contributed by atoms with E-state index in [1.165, 1.54) is 12.1 Å². The fourth-order valence-corrected chi connectivity index (χ4v) is 1.83. The lowest BCUT2D eigenvalue weighted by molar-refractivity contribution is 0.628. The van der Waals surface area contributed by atoms with Crippen molar-refractivity contribution in [3.63, 3.8) is 0 Å². The Morgan fingerprint density at radius 1 is 1.12 bits per heavy atom. The minimum absolute atomic E-state index is 0.282. The molecule has 0 fully saturated rings. The molecule has 0 aliphatic rings. The van der Waals surface area contributed by atoms with Crippen LogP contribution >= 0.6 is 0 Å². The van der Waals surface area contributed by atoms with E-state index in [-0.39, 0.29) is 5.82 Å². The van der Waals surface area contributed by atoms with Gasteiger partial charge in [0.2, 0.25) is 0 Å². The number of halogens is 1. The average molecular weight is 227 g/mol. The molecule has 3 nitrogen and oxygen atoms in total. The molecule has 1 heterocycles. The highest BCUT2D eigenvalue weighted by atomic mass is 19.1. The van der Waals surface area contributed by atoms with Crippen LogP contribution in [0.25, 0.3) is 22.4 Å². The van der Waals surface area contributed by atoms with E-state index >= 15 is 0 Å². The number of nitrogens with two attached hydrogens (primary N) is 1. The van der Waals surface area contributed by atoms with E-state index in [1.807, 2.05) is 12.1 Å². The predicted molar refractivity (Wildman–Crippen MR) is 65.9 cm³/mol. The Hall–Kier alpha value is -2.36. The average Bonchev–Trinajstić information content (AvgIpc) is 2.74. The zero-order chi connectivity index (χ0) is 11.8. The maximum Gasteiger partial charge on any atom is 0.138 e. The van der Waals surface area contributed by atoms with Gasteiger partial charge in [-0.25, -0.2) is 9.37 Å². The number of fused-ring (bicyclic) bond motifs is 1. The normalized spacial score (nSPS) is 10.9. The van der Waals surface area contributed by atoms with Gasteiger partial charge in [0.25, 0.3) is 0 Å². The second kappa shape index (κ2) is 3.59. The number of hydrogen-bond donors (Lipinski definition) is 2. The van der Waals surface area contributed by atoms with E-state index in [4.69, 9.17) is 5.73 Å². The van der Waals surface area contributed by atoms with Gasteiger partial charge < -0.3 is 10.7 Å². The van der Waals surface area contributed by atoms with Gasteiger partial charge in [-0.2, -0.15) is 0 Å². The van der Waals surface area contributed by atoms with Crippen LogP contribution < -0.4 is 5.73 Å². The summed E-state index contributed by atoms with van der Waals surface area (Å²) in [7, 11) is 0. The number of nitrogens with zero attached hydrogens (tertiary/aromatic N) is 1. The van der Waals surface area contributed by atoms with Crippen LogP contribution in [0, 0.1) is 5.82 Å². The third kappa shape index (κ3) is 1.63. The topological polar surface area (TPSA) is 54.7 Å². The van der Waals surface area contributed by atoms with Crippen LogP contribution in [-0.4, -0.2) is 9.97 Å². The Morgan fingerprint density at radius 3 is 2.71 bits per heavy atom. The highest BCUT2D eigenvalue weighted by Gasteiger charge is 2.07. The molecule has 0 saturated heterocycles. The van der Waals surface area contributed by atoms with Crippen molar-refractivity contribution in [3.05, 3.63) is 48.3 Å². The largest absolute Gasteiger partial charge is 0.397 e. The molecule has 0 bridgehead atoms. The lowest BCUT2D eigenvalue weighted by Crippen LogP contribution is -1.85. The Kier molecular flexibility index (Phi) is 2.08. The number of aromatic nitrogens is 2. The molecule has 84 valence electrons. The van der Waals surface area contributed by atoms with E-state index in [1.54, 1.807) is 18.2 Å². The summed E-state index contributed by atoms with van der Waals surface area (Å²) >= 11 is 0. The molecule has 0 atom stereocenters. The van der Waals surface area contributed by atoms with E-state index < -0.39 is 0 Å². The number of aromatic amines is 1. The van der Waals surface area contributed by atoms with Crippen molar-refractivity contribution in [1.29, 1.82) is 0 Å². The molecular formula is C13H10FN3. The van der Waals surface area contributed by atoms with Gasteiger partial charge >= 0.3 is 0 Å². The van der Waals surface area contributed by atoms with Crippen LogP contribution in [0.5, 0.6) is 0 Å². The molecule has 17 heavy (non-hydrogen) atoms. The molecule has 1 aromatic heterocycles. The molecule has 0 saturated carbocycles. The van der Waals surface area contributed by atoms with E-state index in [0.717, 1.165) is 5.52 Å². The molecule has 0 amide bonds. The van der Waals surface area contributed by atoms with Crippen LogP contribution in [0.1, 0.15) is 0 Å². The predicted octanol–water partition coefficient (Wildman–Crippen LogP) is 2.95. The van der Waals surface area contributed by atoms with Crippen LogP contribution in [0.2, 0.25) is 0 Å². The van der Waals surface area contributed by atoms with E-state index in [0.29, 0.717) is 22.6 Å². The summed E-state index contributed by atoms with van der Waals surface area (Å²) in [5.41, 5.74) is 8.71. The third-order valence-corrected chi connectivity index (χ3v) is 2.64. The number of benzene rings is 2. The number of nitrogen functional groups attached to an aromatic ring is 1. The second-order valence-corrected chi connectivity index (χ2v) is 3.84. The maximum atomic E-state index is 13.1. The van der Waals surface area contributed by atoms with Crippen LogP contribution in [-0.2, 0) is 0 Å². The van der Waals surface area contributed by atoms with Crippen molar-refractivity contribution in [3.8, 4) is 11.4 Å². The minimum atomic E-state index is -0.282. The van der Waals surface area contributed by atoms with Crippen molar-refractivity contribution in [2.45, 2.75) is 0 Å². The van der Waals surface area contributed by atoms with Gasteiger partial charge in [-0.05, 0) is 24.3 Å². The lowest BCUT2D eigenvalue weighted by atomic mass is 10.2. The van der Waals surface area contributed by atoms with Crippen LogP contribution in [0.15, 0.2) is 42.5 Å². The number of imidazole rings is 1. The van der Waals surface area contributed by atoms with Gasteiger partial charge in [0.05, 0.1) is 11.2 Å². The zero-order valence-corrected chi connectivity index (χ0v) is 8.94. The quantitative estimate of drug-likeness (QED) is 0.628. The van der Waals surface area contributed by atoms with Gasteiger partial charge in [0.1, 0.15) is 17.2 Å². The molecule has 0 spiro atoms. The van der Waals surface area contributed by atoms with Crippen molar-refractivity contribution in [2.24, 2.45) is 0 Å². The Balaban J connectivity index is 2.22.